The zero-order valence-electron chi connectivity index (χ0n) is 17.9. The summed E-state index contributed by atoms with van der Waals surface area (Å²) in [5.41, 5.74) is 2.94. The van der Waals surface area contributed by atoms with Crippen LogP contribution in [0.15, 0.2) is 60.8 Å². The van der Waals surface area contributed by atoms with E-state index in [1.54, 1.807) is 36.5 Å². The summed E-state index contributed by atoms with van der Waals surface area (Å²) in [4.78, 5) is 16.5. The lowest BCUT2D eigenvalue weighted by molar-refractivity contribution is -0.118. The van der Waals surface area contributed by atoms with Gasteiger partial charge in [-0.3, -0.25) is 4.79 Å². The van der Waals surface area contributed by atoms with Gasteiger partial charge in [0.05, 0.1) is 0 Å². The predicted molar refractivity (Wildman–Crippen MR) is 119 cm³/mol. The molecule has 6 heteroatoms. The van der Waals surface area contributed by atoms with Gasteiger partial charge in [0.1, 0.15) is 23.1 Å². The van der Waals surface area contributed by atoms with Crippen molar-refractivity contribution in [2.24, 2.45) is 0 Å². The molecule has 0 aliphatic heterocycles. The summed E-state index contributed by atoms with van der Waals surface area (Å²) in [6, 6.07) is 18.4. The second kappa shape index (κ2) is 10.3. The largest absolute Gasteiger partial charge is 0.483 e. The number of anilines is 1. The van der Waals surface area contributed by atoms with Crippen molar-refractivity contribution < 1.29 is 14.3 Å². The van der Waals surface area contributed by atoms with Crippen molar-refractivity contribution in [2.45, 2.75) is 33.1 Å². The lowest BCUT2D eigenvalue weighted by atomic mass is 9.98. The van der Waals surface area contributed by atoms with Crippen LogP contribution in [0.3, 0.4) is 0 Å². The summed E-state index contributed by atoms with van der Waals surface area (Å²) < 4.78 is 11.5. The van der Waals surface area contributed by atoms with Crippen LogP contribution in [0.2, 0.25) is 0 Å². The highest BCUT2D eigenvalue weighted by molar-refractivity contribution is 5.92. The van der Waals surface area contributed by atoms with E-state index < -0.39 is 0 Å². The van der Waals surface area contributed by atoms with Gasteiger partial charge in [-0.05, 0) is 66.8 Å². The average Bonchev–Trinajstić information content (AvgIpc) is 2.79. The number of pyridine rings is 1. The van der Waals surface area contributed by atoms with Crippen LogP contribution in [0.1, 0.15) is 42.9 Å². The Morgan fingerprint density at radius 2 is 2.00 bits per heavy atom. The second-order valence-corrected chi connectivity index (χ2v) is 7.23. The number of carbonyl (C=O) groups is 1. The van der Waals surface area contributed by atoms with Gasteiger partial charge >= 0.3 is 0 Å². The van der Waals surface area contributed by atoms with E-state index in [2.05, 4.69) is 30.2 Å². The first-order valence-corrected chi connectivity index (χ1v) is 10.2. The average molecular weight is 415 g/mol. The van der Waals surface area contributed by atoms with Gasteiger partial charge in [-0.1, -0.05) is 32.0 Å². The SMILES string of the molecule is CCC(C)c1ccccc1OCC(=O)Nc1ccc(Oc2ncccc2C#N)cc1C. The van der Waals surface area contributed by atoms with E-state index in [0.717, 1.165) is 23.3 Å². The molecule has 1 heterocycles. The Labute approximate surface area is 182 Å². The monoisotopic (exact) mass is 415 g/mol. The highest BCUT2D eigenvalue weighted by atomic mass is 16.5. The standard InChI is InChI=1S/C25H25N3O3/c1-4-17(2)21-9-5-6-10-23(21)30-16-24(29)28-22-12-11-20(14-18(22)3)31-25-19(15-26)8-7-13-27-25/h5-14,17H,4,16H2,1-3H3,(H,28,29). The Balaban J connectivity index is 1.63. The molecule has 0 saturated heterocycles. The minimum Gasteiger partial charge on any atom is -0.483 e. The van der Waals surface area contributed by atoms with Gasteiger partial charge in [0, 0.05) is 11.9 Å². The molecule has 1 unspecified atom stereocenters. The maximum absolute atomic E-state index is 12.4. The molecule has 0 aliphatic carbocycles. The predicted octanol–water partition coefficient (Wildman–Crippen LogP) is 5.59. The Bertz CT molecular complexity index is 1110. The normalized spacial score (nSPS) is 11.3. The fourth-order valence-corrected chi connectivity index (χ4v) is 3.08. The molecule has 1 aromatic heterocycles. The summed E-state index contributed by atoms with van der Waals surface area (Å²) >= 11 is 0. The molecule has 0 saturated carbocycles. The molecular weight excluding hydrogens is 390 g/mol. The molecule has 1 N–H and O–H groups in total. The van der Waals surface area contributed by atoms with Crippen molar-refractivity contribution in [3.63, 3.8) is 0 Å². The van der Waals surface area contributed by atoms with Crippen LogP contribution < -0.4 is 14.8 Å². The van der Waals surface area contributed by atoms with Crippen molar-refractivity contribution >= 4 is 11.6 Å². The first kappa shape index (κ1) is 21.8. The number of aromatic nitrogens is 1. The van der Waals surface area contributed by atoms with Gasteiger partial charge in [0.25, 0.3) is 5.91 Å². The van der Waals surface area contributed by atoms with Crippen molar-refractivity contribution in [1.29, 1.82) is 5.26 Å². The van der Waals surface area contributed by atoms with Gasteiger partial charge in [0.2, 0.25) is 5.88 Å². The van der Waals surface area contributed by atoms with Gasteiger partial charge in [-0.15, -0.1) is 0 Å². The highest BCUT2D eigenvalue weighted by Gasteiger charge is 2.12. The van der Waals surface area contributed by atoms with E-state index >= 15 is 0 Å². The number of nitrogens with one attached hydrogen (secondary N) is 1. The quantitative estimate of drug-likeness (QED) is 0.519. The van der Waals surface area contributed by atoms with Gasteiger partial charge < -0.3 is 14.8 Å². The molecule has 2 aromatic carbocycles. The summed E-state index contributed by atoms with van der Waals surface area (Å²) in [5, 5.41) is 12.0. The Morgan fingerprint density at radius 1 is 1.19 bits per heavy atom. The number of nitriles is 1. The highest BCUT2D eigenvalue weighted by Crippen LogP contribution is 2.29. The van der Waals surface area contributed by atoms with Crippen LogP contribution in [0.4, 0.5) is 5.69 Å². The molecule has 0 aliphatic rings. The number of nitrogens with zero attached hydrogens (tertiary/aromatic N) is 2. The first-order chi connectivity index (χ1) is 15.0. The fraction of sp³-hybridized carbons (Fsp3) is 0.240. The third-order valence-corrected chi connectivity index (χ3v) is 5.00. The minimum absolute atomic E-state index is 0.0788. The number of amides is 1. The van der Waals surface area contributed by atoms with Crippen LogP contribution >= 0.6 is 0 Å². The van der Waals surface area contributed by atoms with Crippen molar-refractivity contribution in [3.05, 3.63) is 77.5 Å². The molecule has 0 bridgehead atoms. The minimum atomic E-state index is -0.243. The molecule has 31 heavy (non-hydrogen) atoms. The lowest BCUT2D eigenvalue weighted by Crippen LogP contribution is -2.21. The van der Waals surface area contributed by atoms with E-state index in [1.165, 1.54) is 0 Å². The third kappa shape index (κ3) is 5.61. The van der Waals surface area contributed by atoms with Crippen molar-refractivity contribution in [2.75, 3.05) is 11.9 Å². The molecule has 0 fully saturated rings. The van der Waals surface area contributed by atoms with Crippen LogP contribution in [-0.2, 0) is 4.79 Å². The molecule has 1 amide bonds. The number of benzene rings is 2. The molecule has 1 atom stereocenters. The Kier molecular flexibility index (Phi) is 7.23. The smallest absolute Gasteiger partial charge is 0.262 e. The van der Waals surface area contributed by atoms with E-state index in [9.17, 15) is 4.79 Å². The third-order valence-electron chi connectivity index (χ3n) is 5.00. The number of hydrogen-bond acceptors (Lipinski definition) is 5. The topological polar surface area (TPSA) is 84.2 Å². The van der Waals surface area contributed by atoms with E-state index in [0.29, 0.717) is 22.9 Å². The van der Waals surface area contributed by atoms with Gasteiger partial charge in [0.15, 0.2) is 6.61 Å². The lowest BCUT2D eigenvalue weighted by Gasteiger charge is -2.16. The van der Waals surface area contributed by atoms with Crippen LogP contribution in [0.5, 0.6) is 17.4 Å². The summed E-state index contributed by atoms with van der Waals surface area (Å²) in [7, 11) is 0. The number of carbonyl (C=O) groups excluding carboxylic acids is 1. The molecular formula is C25H25N3O3. The molecule has 0 spiro atoms. The maximum atomic E-state index is 12.4. The number of para-hydroxylation sites is 1. The zero-order valence-corrected chi connectivity index (χ0v) is 17.9. The second-order valence-electron chi connectivity index (χ2n) is 7.23. The van der Waals surface area contributed by atoms with Crippen LogP contribution in [0.25, 0.3) is 0 Å². The Morgan fingerprint density at radius 3 is 2.74 bits per heavy atom. The van der Waals surface area contributed by atoms with Gasteiger partial charge in [-0.25, -0.2) is 4.98 Å². The Hall–Kier alpha value is -3.85. The molecule has 6 nitrogen and oxygen atoms in total. The number of ether oxygens (including phenoxy) is 2. The summed E-state index contributed by atoms with van der Waals surface area (Å²) in [5.74, 6) is 1.62. The molecule has 158 valence electrons. The number of hydrogen-bond donors (Lipinski definition) is 1. The molecule has 3 rings (SSSR count). The molecule has 0 radical (unpaired) electrons. The zero-order chi connectivity index (χ0) is 22.2. The van der Waals surface area contributed by atoms with Gasteiger partial charge in [-0.2, -0.15) is 5.26 Å². The van der Waals surface area contributed by atoms with E-state index in [4.69, 9.17) is 14.7 Å². The first-order valence-electron chi connectivity index (χ1n) is 10.2. The van der Waals surface area contributed by atoms with E-state index in [-0.39, 0.29) is 18.4 Å². The fourth-order valence-electron chi connectivity index (χ4n) is 3.08. The number of aryl methyl sites for hydroxylation is 1. The van der Waals surface area contributed by atoms with Crippen molar-refractivity contribution in [1.82, 2.24) is 4.98 Å². The number of rotatable bonds is 8. The van der Waals surface area contributed by atoms with E-state index in [1.807, 2.05) is 31.2 Å². The van der Waals surface area contributed by atoms with Crippen molar-refractivity contribution in [3.8, 4) is 23.4 Å². The summed E-state index contributed by atoms with van der Waals surface area (Å²) in [6.45, 7) is 6.05. The maximum Gasteiger partial charge on any atom is 0.262 e. The van der Waals surface area contributed by atoms with Crippen LogP contribution in [-0.4, -0.2) is 17.5 Å². The molecule has 3 aromatic rings. The summed E-state index contributed by atoms with van der Waals surface area (Å²) in [6.07, 6.45) is 2.56. The van der Waals surface area contributed by atoms with Crippen LogP contribution in [0, 0.1) is 18.3 Å².